The lowest BCUT2D eigenvalue weighted by molar-refractivity contribution is -0.129. The molecule has 0 amide bonds. The molecule has 0 saturated heterocycles. The Balaban J connectivity index is 2.46. The lowest BCUT2D eigenvalue weighted by Gasteiger charge is -2.04. The highest BCUT2D eigenvalue weighted by Crippen LogP contribution is 2.17. The zero-order valence-corrected chi connectivity index (χ0v) is 9.02. The molecule has 0 aliphatic carbocycles. The minimum Gasteiger partial charge on any atom is -0.453 e. The molecule has 1 aromatic rings. The van der Waals surface area contributed by atoms with Crippen molar-refractivity contribution < 1.29 is 9.53 Å². The zero-order chi connectivity index (χ0) is 8.97. The first-order valence-electron chi connectivity index (χ1n) is 3.49. The molecule has 1 aromatic heterocycles. The largest absolute Gasteiger partial charge is 0.453 e. The Labute approximate surface area is 83.7 Å². The minimum absolute atomic E-state index is 0.205. The van der Waals surface area contributed by atoms with Gasteiger partial charge >= 0.3 is 0 Å². The van der Waals surface area contributed by atoms with Gasteiger partial charge < -0.3 is 4.74 Å². The van der Waals surface area contributed by atoms with Crippen LogP contribution in [-0.2, 0) is 16.0 Å². The van der Waals surface area contributed by atoms with Gasteiger partial charge in [0, 0.05) is 11.3 Å². The molecule has 0 aromatic carbocycles. The summed E-state index contributed by atoms with van der Waals surface area (Å²) in [6.45, 7) is 2.51. The van der Waals surface area contributed by atoms with E-state index in [9.17, 15) is 4.79 Å². The molecule has 0 aliphatic rings. The molecule has 0 fully saturated rings. The molecule has 1 heterocycles. The van der Waals surface area contributed by atoms with Gasteiger partial charge in [-0.2, -0.15) is 0 Å². The van der Waals surface area contributed by atoms with Crippen molar-refractivity contribution in [1.82, 2.24) is 0 Å². The van der Waals surface area contributed by atoms with Gasteiger partial charge in [0.1, 0.15) is 0 Å². The van der Waals surface area contributed by atoms with Gasteiger partial charge in [-0.05, 0) is 39.9 Å². The molecule has 1 unspecified atom stereocenters. The van der Waals surface area contributed by atoms with Gasteiger partial charge in [0.2, 0.25) is 0 Å². The normalized spacial score (nSPS) is 12.5. The Hall–Kier alpha value is -0.350. The molecule has 0 N–H and O–H groups in total. The van der Waals surface area contributed by atoms with Gasteiger partial charge in [0.15, 0.2) is 5.01 Å². The lowest BCUT2D eigenvalue weighted by atomic mass is 10.2. The Kier molecular flexibility index (Phi) is 3.75. The number of rotatable bonds is 4. The smallest absolute Gasteiger partial charge is 0.294 e. The fraction of sp³-hybridized carbons (Fsp3) is 0.375. The fourth-order valence-corrected chi connectivity index (χ4v) is 2.08. The molecule has 2 nitrogen and oxygen atoms in total. The van der Waals surface area contributed by atoms with Crippen LogP contribution in [0.5, 0.6) is 0 Å². The van der Waals surface area contributed by atoms with Crippen molar-refractivity contribution in [2.45, 2.75) is 18.4 Å². The highest BCUT2D eigenvalue weighted by molar-refractivity contribution is 9.09. The van der Waals surface area contributed by atoms with Crippen molar-refractivity contribution in [2.75, 3.05) is 0 Å². The maximum Gasteiger partial charge on any atom is 0.294 e. The van der Waals surface area contributed by atoms with E-state index in [1.165, 1.54) is 10.4 Å². The third-order valence-corrected chi connectivity index (χ3v) is 2.83. The number of hydrogen-bond acceptors (Lipinski definition) is 3. The van der Waals surface area contributed by atoms with E-state index in [2.05, 4.69) is 34.3 Å². The first kappa shape index (κ1) is 9.74. The average molecular weight is 249 g/mol. The predicted octanol–water partition coefficient (Wildman–Crippen LogP) is 2.49. The minimum atomic E-state index is -0.205. The molecule has 0 bridgehead atoms. The van der Waals surface area contributed by atoms with Crippen LogP contribution in [-0.4, -0.2) is 11.5 Å². The summed E-state index contributed by atoms with van der Waals surface area (Å²) >= 11 is 4.93. The summed E-state index contributed by atoms with van der Waals surface area (Å²) in [5.74, 6) is 0. The van der Waals surface area contributed by atoms with E-state index < -0.39 is 0 Å². The van der Waals surface area contributed by atoms with Crippen LogP contribution in [0.15, 0.2) is 11.4 Å². The van der Waals surface area contributed by atoms with E-state index in [1.807, 2.05) is 0 Å². The van der Waals surface area contributed by atoms with Crippen molar-refractivity contribution in [3.05, 3.63) is 21.9 Å². The Morgan fingerprint density at radius 1 is 1.83 bits per heavy atom. The number of thiophene rings is 1. The summed E-state index contributed by atoms with van der Waals surface area (Å²) < 4.78 is 4.70. The average Bonchev–Trinajstić information content (AvgIpc) is 2.36. The van der Waals surface area contributed by atoms with E-state index in [-0.39, 0.29) is 5.01 Å². The second-order valence-electron chi connectivity index (χ2n) is 2.41. The van der Waals surface area contributed by atoms with Crippen LogP contribution >= 0.6 is 27.3 Å². The first-order chi connectivity index (χ1) is 5.72. The van der Waals surface area contributed by atoms with Crippen LogP contribution in [0.4, 0.5) is 0 Å². The van der Waals surface area contributed by atoms with Gasteiger partial charge in [-0.3, -0.25) is 4.79 Å². The summed E-state index contributed by atoms with van der Waals surface area (Å²) in [6.07, 6.45) is 0.725. The van der Waals surface area contributed by atoms with Crippen LogP contribution in [0, 0.1) is 6.92 Å². The number of carbonyl (C=O) groups is 1. The molecular formula is C8H9BrO2S. The number of aryl methyl sites for hydroxylation is 1. The van der Waals surface area contributed by atoms with Crippen molar-refractivity contribution >= 4 is 33.7 Å². The van der Waals surface area contributed by atoms with E-state index in [1.54, 1.807) is 11.3 Å². The molecule has 4 heteroatoms. The second-order valence-corrected chi connectivity index (χ2v) is 4.55. The summed E-state index contributed by atoms with van der Waals surface area (Å²) in [7, 11) is 0. The third-order valence-electron chi connectivity index (χ3n) is 1.38. The van der Waals surface area contributed by atoms with Gasteiger partial charge in [-0.25, -0.2) is 0 Å². The molecule has 0 radical (unpaired) electrons. The number of halogens is 1. The highest BCUT2D eigenvalue weighted by Gasteiger charge is 2.05. The molecule has 0 aliphatic heterocycles. The van der Waals surface area contributed by atoms with Crippen LogP contribution in [0.3, 0.4) is 0 Å². The Bertz CT molecular complexity index is 259. The predicted molar refractivity (Wildman–Crippen MR) is 52.6 cm³/mol. The molecule has 0 saturated carbocycles. The quantitative estimate of drug-likeness (QED) is 0.605. The SMILES string of the molecule is Cc1cc(CC(Br)OC=O)cs1. The van der Waals surface area contributed by atoms with Gasteiger partial charge in [-0.15, -0.1) is 11.3 Å². The number of ether oxygens (including phenoxy) is 1. The Morgan fingerprint density at radius 2 is 2.58 bits per heavy atom. The van der Waals surface area contributed by atoms with Crippen molar-refractivity contribution in [1.29, 1.82) is 0 Å². The topological polar surface area (TPSA) is 26.3 Å². The lowest BCUT2D eigenvalue weighted by Crippen LogP contribution is -2.05. The zero-order valence-electron chi connectivity index (χ0n) is 6.62. The Morgan fingerprint density at radius 3 is 3.08 bits per heavy atom. The summed E-state index contributed by atoms with van der Waals surface area (Å²) in [5, 5.41) is 1.86. The summed E-state index contributed by atoms with van der Waals surface area (Å²) in [6, 6.07) is 2.09. The van der Waals surface area contributed by atoms with E-state index >= 15 is 0 Å². The molecule has 66 valence electrons. The van der Waals surface area contributed by atoms with Crippen LogP contribution in [0.1, 0.15) is 10.4 Å². The summed E-state index contributed by atoms with van der Waals surface area (Å²) in [4.78, 5) is 11.2. The molecule has 12 heavy (non-hydrogen) atoms. The number of carbonyl (C=O) groups excluding carboxylic acids is 1. The molecular weight excluding hydrogens is 240 g/mol. The van der Waals surface area contributed by atoms with Gasteiger partial charge in [0.05, 0.1) is 0 Å². The highest BCUT2D eigenvalue weighted by atomic mass is 79.9. The van der Waals surface area contributed by atoms with Crippen molar-refractivity contribution in [2.24, 2.45) is 0 Å². The molecule has 1 atom stereocenters. The standard InChI is InChI=1S/C8H9BrO2S/c1-6-2-7(4-12-6)3-8(9)11-5-10/h2,4-5,8H,3H2,1H3. The van der Waals surface area contributed by atoms with Crippen LogP contribution in [0.25, 0.3) is 0 Å². The maximum absolute atomic E-state index is 9.96. The monoisotopic (exact) mass is 248 g/mol. The molecule has 0 spiro atoms. The first-order valence-corrected chi connectivity index (χ1v) is 5.29. The van der Waals surface area contributed by atoms with Crippen LogP contribution < -0.4 is 0 Å². The summed E-state index contributed by atoms with van der Waals surface area (Å²) in [5.41, 5.74) is 1.20. The number of hydrogen-bond donors (Lipinski definition) is 0. The van der Waals surface area contributed by atoms with Gasteiger partial charge in [0.25, 0.3) is 6.47 Å². The second kappa shape index (κ2) is 4.62. The van der Waals surface area contributed by atoms with Crippen LogP contribution in [0.2, 0.25) is 0 Å². The van der Waals surface area contributed by atoms with Gasteiger partial charge in [-0.1, -0.05) is 0 Å². The van der Waals surface area contributed by atoms with E-state index in [0.29, 0.717) is 6.47 Å². The number of alkyl halides is 1. The van der Waals surface area contributed by atoms with E-state index in [0.717, 1.165) is 6.42 Å². The maximum atomic E-state index is 9.96. The molecule has 1 rings (SSSR count). The van der Waals surface area contributed by atoms with Crippen molar-refractivity contribution in [3.8, 4) is 0 Å². The fourth-order valence-electron chi connectivity index (χ4n) is 0.899. The van der Waals surface area contributed by atoms with Crippen molar-refractivity contribution in [3.63, 3.8) is 0 Å². The third kappa shape index (κ3) is 2.95. The van der Waals surface area contributed by atoms with E-state index in [4.69, 9.17) is 4.74 Å².